The first-order valence-electron chi connectivity index (χ1n) is 6.54. The lowest BCUT2D eigenvalue weighted by molar-refractivity contribution is 0.425. The lowest BCUT2D eigenvalue weighted by Gasteiger charge is -2.11. The van der Waals surface area contributed by atoms with Gasteiger partial charge in [-0.25, -0.2) is 9.97 Å². The molecule has 1 atom stereocenters. The summed E-state index contributed by atoms with van der Waals surface area (Å²) < 4.78 is 5.15. The molecule has 2 N–H and O–H groups in total. The number of nitrogens with one attached hydrogen (secondary N) is 2. The number of aromatic amines is 1. The van der Waals surface area contributed by atoms with Crippen LogP contribution in [0, 0.1) is 13.8 Å². The molecule has 3 heterocycles. The van der Waals surface area contributed by atoms with Crippen molar-refractivity contribution in [2.45, 2.75) is 26.8 Å². The highest BCUT2D eigenvalue weighted by atomic mass is 16.5. The SMILES string of the molecule is Cc1noc(-c2ccnc(NC(C)c3n[nH]c(C)n3)c2)n1. The third kappa shape index (κ3) is 2.88. The van der Waals surface area contributed by atoms with Crippen molar-refractivity contribution in [3.8, 4) is 11.5 Å². The van der Waals surface area contributed by atoms with Crippen LogP contribution in [0.25, 0.3) is 11.5 Å². The lowest BCUT2D eigenvalue weighted by Crippen LogP contribution is -2.09. The number of rotatable bonds is 4. The van der Waals surface area contributed by atoms with Crippen molar-refractivity contribution in [2.24, 2.45) is 0 Å². The normalized spacial score (nSPS) is 12.3. The van der Waals surface area contributed by atoms with Crippen LogP contribution in [0.5, 0.6) is 0 Å². The van der Waals surface area contributed by atoms with Crippen LogP contribution in [0.4, 0.5) is 5.82 Å². The van der Waals surface area contributed by atoms with Crippen LogP contribution in [0.15, 0.2) is 22.9 Å². The van der Waals surface area contributed by atoms with Gasteiger partial charge in [-0.2, -0.15) is 10.1 Å². The summed E-state index contributed by atoms with van der Waals surface area (Å²) in [6, 6.07) is 3.60. The van der Waals surface area contributed by atoms with Gasteiger partial charge in [0.2, 0.25) is 0 Å². The Hall–Kier alpha value is -2.77. The van der Waals surface area contributed by atoms with E-state index in [1.165, 1.54) is 0 Å². The van der Waals surface area contributed by atoms with Crippen molar-refractivity contribution >= 4 is 5.82 Å². The molecule has 0 saturated heterocycles. The highest BCUT2D eigenvalue weighted by Gasteiger charge is 2.12. The fourth-order valence-corrected chi connectivity index (χ4v) is 1.90. The number of pyridine rings is 1. The Bertz CT molecular complexity index is 748. The summed E-state index contributed by atoms with van der Waals surface area (Å²) >= 11 is 0. The van der Waals surface area contributed by atoms with Gasteiger partial charge in [0.25, 0.3) is 5.89 Å². The second-order valence-corrected chi connectivity index (χ2v) is 4.72. The van der Waals surface area contributed by atoms with E-state index in [4.69, 9.17) is 4.52 Å². The molecule has 0 fully saturated rings. The van der Waals surface area contributed by atoms with Gasteiger partial charge in [-0.05, 0) is 32.9 Å². The molecule has 0 radical (unpaired) electrons. The number of aromatic nitrogens is 6. The van der Waals surface area contributed by atoms with Crippen molar-refractivity contribution < 1.29 is 4.52 Å². The highest BCUT2D eigenvalue weighted by Crippen LogP contribution is 2.21. The van der Waals surface area contributed by atoms with E-state index in [-0.39, 0.29) is 6.04 Å². The molecule has 0 saturated carbocycles. The maximum absolute atomic E-state index is 5.15. The quantitative estimate of drug-likeness (QED) is 0.755. The van der Waals surface area contributed by atoms with Gasteiger partial charge in [0.15, 0.2) is 11.6 Å². The predicted molar refractivity (Wildman–Crippen MR) is 75.4 cm³/mol. The van der Waals surface area contributed by atoms with E-state index in [9.17, 15) is 0 Å². The lowest BCUT2D eigenvalue weighted by atomic mass is 10.2. The van der Waals surface area contributed by atoms with Crippen LogP contribution in [0.3, 0.4) is 0 Å². The maximum atomic E-state index is 5.15. The summed E-state index contributed by atoms with van der Waals surface area (Å²) in [5.74, 6) is 3.23. The van der Waals surface area contributed by atoms with E-state index in [0.29, 0.717) is 23.4 Å². The molecule has 0 spiro atoms. The van der Waals surface area contributed by atoms with E-state index in [0.717, 1.165) is 11.4 Å². The molecule has 21 heavy (non-hydrogen) atoms. The van der Waals surface area contributed by atoms with Crippen molar-refractivity contribution in [2.75, 3.05) is 5.32 Å². The fraction of sp³-hybridized carbons (Fsp3) is 0.308. The molecular formula is C13H15N7O. The summed E-state index contributed by atoms with van der Waals surface area (Å²) in [5.41, 5.74) is 0.812. The van der Waals surface area contributed by atoms with E-state index in [1.807, 2.05) is 26.0 Å². The van der Waals surface area contributed by atoms with Gasteiger partial charge in [0.1, 0.15) is 11.6 Å². The Kier molecular flexibility index (Phi) is 3.35. The summed E-state index contributed by atoms with van der Waals surface area (Å²) in [5, 5.41) is 14.0. The standard InChI is InChI=1S/C13H15N7O/c1-7(12-16-8(2)18-19-12)15-11-6-10(4-5-14-11)13-17-9(3)20-21-13/h4-7H,1-3H3,(H,14,15)(H,16,18,19). The molecule has 3 aromatic heterocycles. The Labute approximate surface area is 121 Å². The molecule has 3 rings (SSSR count). The topological polar surface area (TPSA) is 105 Å². The van der Waals surface area contributed by atoms with Crippen LogP contribution < -0.4 is 5.32 Å². The number of hydrogen-bond donors (Lipinski definition) is 2. The monoisotopic (exact) mass is 285 g/mol. The van der Waals surface area contributed by atoms with Gasteiger partial charge in [-0.1, -0.05) is 5.16 Å². The van der Waals surface area contributed by atoms with Gasteiger partial charge in [0.05, 0.1) is 6.04 Å². The zero-order valence-corrected chi connectivity index (χ0v) is 12.0. The second kappa shape index (κ2) is 5.31. The first-order valence-corrected chi connectivity index (χ1v) is 6.54. The minimum atomic E-state index is -0.0675. The molecule has 0 aliphatic rings. The van der Waals surface area contributed by atoms with Gasteiger partial charge < -0.3 is 9.84 Å². The smallest absolute Gasteiger partial charge is 0.258 e. The van der Waals surface area contributed by atoms with Crippen LogP contribution in [0.1, 0.15) is 30.4 Å². The van der Waals surface area contributed by atoms with Crippen LogP contribution >= 0.6 is 0 Å². The molecule has 108 valence electrons. The molecule has 3 aromatic rings. The Balaban J connectivity index is 1.80. The molecule has 0 aliphatic heterocycles. The molecular weight excluding hydrogens is 270 g/mol. The number of nitrogens with zero attached hydrogens (tertiary/aromatic N) is 5. The average Bonchev–Trinajstić information content (AvgIpc) is 3.08. The maximum Gasteiger partial charge on any atom is 0.258 e. The second-order valence-electron chi connectivity index (χ2n) is 4.72. The fourth-order valence-electron chi connectivity index (χ4n) is 1.90. The van der Waals surface area contributed by atoms with E-state index in [2.05, 4.69) is 35.6 Å². The van der Waals surface area contributed by atoms with E-state index < -0.39 is 0 Å². The predicted octanol–water partition coefficient (Wildman–Crippen LogP) is 2.04. The largest absolute Gasteiger partial charge is 0.360 e. The minimum Gasteiger partial charge on any atom is -0.360 e. The molecule has 1 unspecified atom stereocenters. The van der Waals surface area contributed by atoms with Crippen LogP contribution in [-0.2, 0) is 0 Å². The third-order valence-corrected chi connectivity index (χ3v) is 2.90. The number of anilines is 1. The summed E-state index contributed by atoms with van der Waals surface area (Å²) in [4.78, 5) is 12.8. The first-order chi connectivity index (χ1) is 10.1. The van der Waals surface area contributed by atoms with Gasteiger partial charge >= 0.3 is 0 Å². The van der Waals surface area contributed by atoms with Crippen molar-refractivity contribution in [3.63, 3.8) is 0 Å². The average molecular weight is 285 g/mol. The molecule has 0 aromatic carbocycles. The highest BCUT2D eigenvalue weighted by molar-refractivity contribution is 5.58. The summed E-state index contributed by atoms with van der Waals surface area (Å²) in [6.45, 7) is 5.61. The van der Waals surface area contributed by atoms with E-state index >= 15 is 0 Å². The van der Waals surface area contributed by atoms with Crippen molar-refractivity contribution in [1.82, 2.24) is 30.3 Å². The summed E-state index contributed by atoms with van der Waals surface area (Å²) in [6.07, 6.45) is 1.69. The molecule has 0 aliphatic carbocycles. The number of H-pyrrole nitrogens is 1. The van der Waals surface area contributed by atoms with Crippen molar-refractivity contribution in [1.29, 1.82) is 0 Å². The number of aryl methyl sites for hydroxylation is 2. The third-order valence-electron chi connectivity index (χ3n) is 2.90. The Morgan fingerprint density at radius 1 is 1.29 bits per heavy atom. The Morgan fingerprint density at radius 3 is 2.81 bits per heavy atom. The molecule has 8 nitrogen and oxygen atoms in total. The Morgan fingerprint density at radius 2 is 2.14 bits per heavy atom. The van der Waals surface area contributed by atoms with Gasteiger partial charge in [-0.3, -0.25) is 5.10 Å². The first kappa shape index (κ1) is 13.2. The minimum absolute atomic E-state index is 0.0675. The van der Waals surface area contributed by atoms with Gasteiger partial charge in [-0.15, -0.1) is 0 Å². The molecule has 8 heteroatoms. The molecule has 0 amide bonds. The number of hydrogen-bond acceptors (Lipinski definition) is 7. The summed E-state index contributed by atoms with van der Waals surface area (Å²) in [7, 11) is 0. The zero-order chi connectivity index (χ0) is 14.8. The van der Waals surface area contributed by atoms with E-state index in [1.54, 1.807) is 13.1 Å². The van der Waals surface area contributed by atoms with Crippen LogP contribution in [0.2, 0.25) is 0 Å². The van der Waals surface area contributed by atoms with Crippen molar-refractivity contribution in [3.05, 3.63) is 35.8 Å². The van der Waals surface area contributed by atoms with Gasteiger partial charge in [0, 0.05) is 11.8 Å². The van der Waals surface area contributed by atoms with Crippen LogP contribution in [-0.4, -0.2) is 30.3 Å². The zero-order valence-electron chi connectivity index (χ0n) is 12.0. The molecule has 0 bridgehead atoms.